The summed E-state index contributed by atoms with van der Waals surface area (Å²) >= 11 is 3.30. The van der Waals surface area contributed by atoms with E-state index >= 15 is 0 Å². The maximum Gasteiger partial charge on any atom is 0.339 e. The molecule has 1 N–H and O–H groups in total. The van der Waals surface area contributed by atoms with Crippen molar-refractivity contribution in [2.45, 2.75) is 39.2 Å². The Morgan fingerprint density at radius 1 is 1.29 bits per heavy atom. The van der Waals surface area contributed by atoms with E-state index in [0.29, 0.717) is 27.6 Å². The average molecular weight is 398 g/mol. The van der Waals surface area contributed by atoms with Crippen LogP contribution in [0.15, 0.2) is 22.7 Å². The zero-order chi connectivity index (χ0) is 17.7. The van der Waals surface area contributed by atoms with Crippen molar-refractivity contribution < 1.29 is 19.1 Å². The van der Waals surface area contributed by atoms with E-state index in [4.69, 9.17) is 9.47 Å². The number of ether oxygens (including phenoxy) is 2. The fourth-order valence-corrected chi connectivity index (χ4v) is 3.44. The third kappa shape index (κ3) is 4.72. The SMILES string of the molecule is COc1ccc(Br)c(C(=O)OCC(=O)N[C@@H]2CCC[C@@H](C)[C@H]2C)c1. The smallest absolute Gasteiger partial charge is 0.339 e. The van der Waals surface area contributed by atoms with Crippen LogP contribution in [-0.4, -0.2) is 31.6 Å². The first-order chi connectivity index (χ1) is 11.4. The second kappa shape index (κ2) is 8.51. The quantitative estimate of drug-likeness (QED) is 0.771. The van der Waals surface area contributed by atoms with E-state index in [1.807, 2.05) is 0 Å². The summed E-state index contributed by atoms with van der Waals surface area (Å²) in [5.41, 5.74) is 0.335. The Hall–Kier alpha value is -1.56. The lowest BCUT2D eigenvalue weighted by Crippen LogP contribution is -2.45. The van der Waals surface area contributed by atoms with Crippen molar-refractivity contribution in [3.8, 4) is 5.75 Å². The van der Waals surface area contributed by atoms with Crippen LogP contribution in [0, 0.1) is 11.8 Å². The molecule has 3 atom stereocenters. The summed E-state index contributed by atoms with van der Waals surface area (Å²) in [5.74, 6) is 0.777. The van der Waals surface area contributed by atoms with Gasteiger partial charge in [-0.05, 0) is 52.4 Å². The van der Waals surface area contributed by atoms with Crippen LogP contribution in [0.4, 0.5) is 0 Å². The standard InChI is InChI=1S/C18H24BrNO4/c1-11-5-4-6-16(12(11)2)20-17(21)10-24-18(22)14-9-13(23-3)7-8-15(14)19/h7-9,11-12,16H,4-6,10H2,1-3H3,(H,20,21)/t11-,12-,16-/m1/s1. The summed E-state index contributed by atoms with van der Waals surface area (Å²) in [6.45, 7) is 4.09. The number of halogens is 1. The largest absolute Gasteiger partial charge is 0.497 e. The van der Waals surface area contributed by atoms with Crippen LogP contribution in [-0.2, 0) is 9.53 Å². The molecule has 1 aliphatic carbocycles. The second-order valence-electron chi connectivity index (χ2n) is 6.36. The molecule has 5 nitrogen and oxygen atoms in total. The minimum atomic E-state index is -0.555. The number of carbonyl (C=O) groups is 2. The van der Waals surface area contributed by atoms with Crippen LogP contribution in [0.3, 0.4) is 0 Å². The lowest BCUT2D eigenvalue weighted by Gasteiger charge is -2.34. The number of carbonyl (C=O) groups excluding carboxylic acids is 2. The van der Waals surface area contributed by atoms with Gasteiger partial charge in [0.1, 0.15) is 5.75 Å². The van der Waals surface area contributed by atoms with Crippen molar-refractivity contribution in [2.24, 2.45) is 11.8 Å². The Kier molecular flexibility index (Phi) is 6.66. The number of amides is 1. The van der Waals surface area contributed by atoms with Gasteiger partial charge < -0.3 is 14.8 Å². The molecule has 0 aliphatic heterocycles. The van der Waals surface area contributed by atoms with Crippen LogP contribution < -0.4 is 10.1 Å². The van der Waals surface area contributed by atoms with Crippen molar-refractivity contribution in [3.63, 3.8) is 0 Å². The number of esters is 1. The molecular formula is C18H24BrNO4. The first-order valence-electron chi connectivity index (χ1n) is 8.22. The maximum absolute atomic E-state index is 12.2. The summed E-state index contributed by atoms with van der Waals surface area (Å²) in [6, 6.07) is 5.18. The Labute approximate surface area is 151 Å². The lowest BCUT2D eigenvalue weighted by molar-refractivity contribution is -0.125. The molecule has 0 heterocycles. The molecule has 0 spiro atoms. The number of nitrogens with one attached hydrogen (secondary N) is 1. The van der Waals surface area contributed by atoms with E-state index in [1.165, 1.54) is 13.5 Å². The number of benzene rings is 1. The second-order valence-corrected chi connectivity index (χ2v) is 7.22. The number of methoxy groups -OCH3 is 1. The van der Waals surface area contributed by atoms with Gasteiger partial charge in [-0.3, -0.25) is 4.79 Å². The average Bonchev–Trinajstić information content (AvgIpc) is 2.57. The summed E-state index contributed by atoms with van der Waals surface area (Å²) < 4.78 is 10.8. The predicted octanol–water partition coefficient (Wildman–Crippen LogP) is 3.56. The van der Waals surface area contributed by atoms with Gasteiger partial charge in [0.05, 0.1) is 12.7 Å². The maximum atomic E-state index is 12.2. The van der Waals surface area contributed by atoms with Crippen molar-refractivity contribution in [3.05, 3.63) is 28.2 Å². The molecule has 1 fully saturated rings. The van der Waals surface area contributed by atoms with Gasteiger partial charge in [-0.1, -0.05) is 26.7 Å². The molecule has 24 heavy (non-hydrogen) atoms. The first-order valence-corrected chi connectivity index (χ1v) is 9.01. The summed E-state index contributed by atoms with van der Waals surface area (Å²) in [5, 5.41) is 2.99. The topological polar surface area (TPSA) is 64.6 Å². The van der Waals surface area contributed by atoms with E-state index in [9.17, 15) is 9.59 Å². The monoisotopic (exact) mass is 397 g/mol. The van der Waals surface area contributed by atoms with Gasteiger partial charge in [0.2, 0.25) is 0 Å². The Morgan fingerprint density at radius 3 is 2.75 bits per heavy atom. The van der Waals surface area contributed by atoms with Gasteiger partial charge in [0.25, 0.3) is 5.91 Å². The molecule has 1 saturated carbocycles. The van der Waals surface area contributed by atoms with Gasteiger partial charge in [0, 0.05) is 10.5 Å². The summed E-state index contributed by atoms with van der Waals surface area (Å²) in [4.78, 5) is 24.2. The lowest BCUT2D eigenvalue weighted by atomic mass is 9.78. The zero-order valence-corrected chi connectivity index (χ0v) is 15.9. The highest BCUT2D eigenvalue weighted by Crippen LogP contribution is 2.29. The Bertz CT molecular complexity index is 605. The van der Waals surface area contributed by atoms with Gasteiger partial charge in [-0.25, -0.2) is 4.79 Å². The molecule has 0 aromatic heterocycles. The fourth-order valence-electron chi connectivity index (χ4n) is 3.03. The normalized spacial score (nSPS) is 23.4. The highest BCUT2D eigenvalue weighted by molar-refractivity contribution is 9.10. The van der Waals surface area contributed by atoms with Crippen LogP contribution in [0.5, 0.6) is 5.75 Å². The molecule has 1 aliphatic rings. The minimum Gasteiger partial charge on any atom is -0.497 e. The van der Waals surface area contributed by atoms with E-state index in [1.54, 1.807) is 18.2 Å². The molecule has 0 saturated heterocycles. The van der Waals surface area contributed by atoms with Crippen molar-refractivity contribution in [2.75, 3.05) is 13.7 Å². The fraction of sp³-hybridized carbons (Fsp3) is 0.556. The minimum absolute atomic E-state index is 0.156. The van der Waals surface area contributed by atoms with Gasteiger partial charge in [-0.2, -0.15) is 0 Å². The predicted molar refractivity (Wildman–Crippen MR) is 95.1 cm³/mol. The summed E-state index contributed by atoms with van der Waals surface area (Å²) in [7, 11) is 1.53. The molecule has 1 aromatic rings. The van der Waals surface area contributed by atoms with Crippen LogP contribution in [0.2, 0.25) is 0 Å². The summed E-state index contributed by atoms with van der Waals surface area (Å²) in [6.07, 6.45) is 3.30. The van der Waals surface area contributed by atoms with Crippen molar-refractivity contribution in [1.82, 2.24) is 5.32 Å². The van der Waals surface area contributed by atoms with E-state index in [0.717, 1.165) is 12.8 Å². The molecular weight excluding hydrogens is 374 g/mol. The van der Waals surface area contributed by atoms with Gasteiger partial charge in [0.15, 0.2) is 6.61 Å². The van der Waals surface area contributed by atoms with Crippen LogP contribution in [0.25, 0.3) is 0 Å². The number of hydrogen-bond donors (Lipinski definition) is 1. The third-order valence-corrected chi connectivity index (χ3v) is 5.47. The highest BCUT2D eigenvalue weighted by atomic mass is 79.9. The van der Waals surface area contributed by atoms with Gasteiger partial charge >= 0.3 is 5.97 Å². The molecule has 2 rings (SSSR count). The first kappa shape index (κ1) is 18.8. The Balaban J connectivity index is 1.88. The van der Waals surface area contributed by atoms with E-state index in [2.05, 4.69) is 35.1 Å². The van der Waals surface area contributed by atoms with E-state index in [-0.39, 0.29) is 18.6 Å². The molecule has 132 valence electrons. The highest BCUT2D eigenvalue weighted by Gasteiger charge is 2.28. The molecule has 0 unspecified atom stereocenters. The Morgan fingerprint density at radius 2 is 2.04 bits per heavy atom. The van der Waals surface area contributed by atoms with Gasteiger partial charge in [-0.15, -0.1) is 0 Å². The third-order valence-electron chi connectivity index (χ3n) is 4.78. The zero-order valence-electron chi connectivity index (χ0n) is 14.3. The van der Waals surface area contributed by atoms with Crippen molar-refractivity contribution in [1.29, 1.82) is 0 Å². The molecule has 6 heteroatoms. The molecule has 1 amide bonds. The van der Waals surface area contributed by atoms with Crippen LogP contribution in [0.1, 0.15) is 43.5 Å². The van der Waals surface area contributed by atoms with Crippen LogP contribution >= 0.6 is 15.9 Å². The number of rotatable bonds is 5. The van der Waals surface area contributed by atoms with Crippen molar-refractivity contribution >= 4 is 27.8 Å². The van der Waals surface area contributed by atoms with E-state index < -0.39 is 5.97 Å². The number of hydrogen-bond acceptors (Lipinski definition) is 4. The molecule has 1 aromatic carbocycles. The molecule has 0 bridgehead atoms. The molecule has 0 radical (unpaired) electrons.